The molecule has 0 unspecified atom stereocenters. The summed E-state index contributed by atoms with van der Waals surface area (Å²) in [6, 6.07) is 0. The molecule has 0 aliphatic rings. The summed E-state index contributed by atoms with van der Waals surface area (Å²) >= 11 is 1.09. The van der Waals surface area contributed by atoms with Gasteiger partial charge < -0.3 is 4.74 Å². The molecule has 0 aliphatic heterocycles. The topological polar surface area (TPSA) is 59.5 Å². The highest BCUT2D eigenvalue weighted by atomic mass is 32.1. The highest BCUT2D eigenvalue weighted by molar-refractivity contribution is 7.11. The molecule has 17 heavy (non-hydrogen) atoms. The molecule has 1 radical (unpaired) electrons. The molecule has 1 aromatic heterocycles. The Morgan fingerprint density at radius 2 is 2.00 bits per heavy atom. The number of thiazole rings is 1. The number of aromatic nitrogens is 1. The van der Waals surface area contributed by atoms with E-state index in [0.717, 1.165) is 16.2 Å². The zero-order valence-corrected chi connectivity index (χ0v) is 11.3. The van der Waals surface area contributed by atoms with Gasteiger partial charge in [-0.2, -0.15) is 0 Å². The van der Waals surface area contributed by atoms with Crippen molar-refractivity contribution >= 4 is 23.3 Å². The van der Waals surface area contributed by atoms with E-state index in [9.17, 15) is 9.59 Å². The van der Waals surface area contributed by atoms with Gasteiger partial charge in [0, 0.05) is 7.05 Å². The van der Waals surface area contributed by atoms with Crippen molar-refractivity contribution < 1.29 is 14.3 Å². The third-order valence-corrected chi connectivity index (χ3v) is 2.71. The Balaban J connectivity index is 2.78. The highest BCUT2D eigenvalue weighted by Gasteiger charge is 2.26. The van der Waals surface area contributed by atoms with Crippen molar-refractivity contribution in [3.05, 3.63) is 16.1 Å². The molecule has 0 N–H and O–H groups in total. The first-order valence-electron chi connectivity index (χ1n) is 5.07. The molecular formula is C11H15N2O3S. The number of rotatable bonds is 1. The molecule has 1 aromatic rings. The largest absolute Gasteiger partial charge is 0.443 e. The van der Waals surface area contributed by atoms with E-state index in [0.29, 0.717) is 10.6 Å². The fourth-order valence-electron chi connectivity index (χ4n) is 1.03. The summed E-state index contributed by atoms with van der Waals surface area (Å²) in [6.45, 7) is 6.93. The van der Waals surface area contributed by atoms with Gasteiger partial charge in [-0.25, -0.2) is 14.7 Å². The average Bonchev–Trinajstić information content (AvgIpc) is 2.59. The third kappa shape index (κ3) is 3.52. The van der Waals surface area contributed by atoms with Crippen molar-refractivity contribution in [1.29, 1.82) is 0 Å². The SMILES string of the molecule is Cc1n[c]sc1C(=O)N(C)C(=O)OC(C)(C)C. The first-order valence-corrected chi connectivity index (χ1v) is 5.88. The molecule has 0 aromatic carbocycles. The minimum atomic E-state index is -0.671. The van der Waals surface area contributed by atoms with E-state index in [2.05, 4.69) is 10.5 Å². The molecule has 5 nitrogen and oxygen atoms in total. The molecule has 2 amide bonds. The summed E-state index contributed by atoms with van der Waals surface area (Å²) in [6.07, 6.45) is -0.671. The van der Waals surface area contributed by atoms with Crippen molar-refractivity contribution in [2.24, 2.45) is 0 Å². The summed E-state index contributed by atoms with van der Waals surface area (Å²) in [5, 5.41) is 0. The van der Waals surface area contributed by atoms with Gasteiger partial charge in [0.2, 0.25) is 0 Å². The lowest BCUT2D eigenvalue weighted by atomic mass is 10.2. The lowest BCUT2D eigenvalue weighted by molar-refractivity contribution is 0.0286. The Kier molecular flexibility index (Phi) is 3.87. The number of hydrogen-bond donors (Lipinski definition) is 0. The van der Waals surface area contributed by atoms with E-state index in [1.807, 2.05) is 0 Å². The number of amides is 2. The Morgan fingerprint density at radius 1 is 1.41 bits per heavy atom. The van der Waals surface area contributed by atoms with Gasteiger partial charge in [0.1, 0.15) is 10.5 Å². The second-order valence-electron chi connectivity index (χ2n) is 4.56. The number of imide groups is 1. The van der Waals surface area contributed by atoms with Gasteiger partial charge in [-0.05, 0) is 27.7 Å². The maximum absolute atomic E-state index is 11.9. The highest BCUT2D eigenvalue weighted by Crippen LogP contribution is 2.16. The normalized spacial score (nSPS) is 11.1. The fraction of sp³-hybridized carbons (Fsp3) is 0.545. The minimum Gasteiger partial charge on any atom is -0.443 e. The van der Waals surface area contributed by atoms with Gasteiger partial charge in [-0.3, -0.25) is 4.79 Å². The van der Waals surface area contributed by atoms with Crippen LogP contribution in [0.1, 0.15) is 36.1 Å². The van der Waals surface area contributed by atoms with Crippen LogP contribution in [0.3, 0.4) is 0 Å². The van der Waals surface area contributed by atoms with E-state index in [4.69, 9.17) is 4.74 Å². The number of aryl methyl sites for hydroxylation is 1. The zero-order chi connectivity index (χ0) is 13.2. The van der Waals surface area contributed by atoms with Crippen LogP contribution >= 0.6 is 11.3 Å². The number of hydrogen-bond acceptors (Lipinski definition) is 5. The van der Waals surface area contributed by atoms with Gasteiger partial charge >= 0.3 is 6.09 Å². The van der Waals surface area contributed by atoms with Crippen LogP contribution in [0.4, 0.5) is 4.79 Å². The lowest BCUT2D eigenvalue weighted by Gasteiger charge is -2.23. The van der Waals surface area contributed by atoms with Crippen LogP contribution < -0.4 is 0 Å². The summed E-state index contributed by atoms with van der Waals surface area (Å²) in [7, 11) is 1.38. The molecule has 0 spiro atoms. The van der Waals surface area contributed by atoms with Crippen molar-refractivity contribution in [2.45, 2.75) is 33.3 Å². The van der Waals surface area contributed by atoms with E-state index in [1.165, 1.54) is 7.05 Å². The zero-order valence-electron chi connectivity index (χ0n) is 10.5. The molecule has 0 aliphatic carbocycles. The molecule has 0 saturated carbocycles. The molecule has 0 fully saturated rings. The monoisotopic (exact) mass is 255 g/mol. The van der Waals surface area contributed by atoms with Crippen LogP contribution in [0.2, 0.25) is 0 Å². The van der Waals surface area contributed by atoms with E-state index in [-0.39, 0.29) is 0 Å². The Morgan fingerprint density at radius 3 is 2.41 bits per heavy atom. The van der Waals surface area contributed by atoms with E-state index >= 15 is 0 Å². The van der Waals surface area contributed by atoms with Gasteiger partial charge in [0.15, 0.2) is 5.51 Å². The standard InChI is InChI=1S/C11H15N2O3S/c1-7-8(17-6-12-7)9(14)13(5)10(15)16-11(2,3)4/h1-5H3. The van der Waals surface area contributed by atoms with Gasteiger partial charge in [-0.15, -0.1) is 11.3 Å². The Hall–Kier alpha value is -1.43. The number of carbonyl (C=O) groups excluding carboxylic acids is 2. The van der Waals surface area contributed by atoms with Crippen molar-refractivity contribution in [1.82, 2.24) is 9.88 Å². The summed E-state index contributed by atoms with van der Waals surface area (Å²) < 4.78 is 5.10. The fourth-order valence-corrected chi connectivity index (χ4v) is 1.72. The quantitative estimate of drug-likeness (QED) is 0.772. The minimum absolute atomic E-state index is 0.401. The first kappa shape index (κ1) is 13.6. The lowest BCUT2D eigenvalue weighted by Crippen LogP contribution is -2.38. The van der Waals surface area contributed by atoms with Crippen LogP contribution in [0.25, 0.3) is 0 Å². The maximum Gasteiger partial charge on any atom is 0.417 e. The number of carbonyl (C=O) groups is 2. The van der Waals surface area contributed by atoms with Crippen molar-refractivity contribution in [3.8, 4) is 0 Å². The van der Waals surface area contributed by atoms with Crippen molar-refractivity contribution in [2.75, 3.05) is 7.05 Å². The van der Waals surface area contributed by atoms with Crippen LogP contribution in [-0.2, 0) is 4.74 Å². The molecule has 1 heterocycles. The molecule has 6 heteroatoms. The summed E-state index contributed by atoms with van der Waals surface area (Å²) in [4.78, 5) is 28.8. The van der Waals surface area contributed by atoms with Crippen LogP contribution in [0.5, 0.6) is 0 Å². The second-order valence-corrected chi connectivity index (χ2v) is 5.36. The Bertz CT molecular complexity index is 434. The third-order valence-electron chi connectivity index (χ3n) is 1.86. The van der Waals surface area contributed by atoms with Gasteiger partial charge in [0.25, 0.3) is 5.91 Å². The van der Waals surface area contributed by atoms with Gasteiger partial charge in [0.05, 0.1) is 5.69 Å². The van der Waals surface area contributed by atoms with Crippen molar-refractivity contribution in [3.63, 3.8) is 0 Å². The van der Waals surface area contributed by atoms with Crippen LogP contribution in [0, 0.1) is 12.4 Å². The summed E-state index contributed by atoms with van der Waals surface area (Å²) in [5.41, 5.74) is 2.55. The van der Waals surface area contributed by atoms with E-state index < -0.39 is 17.6 Å². The molecule has 0 bridgehead atoms. The van der Waals surface area contributed by atoms with Crippen LogP contribution in [-0.4, -0.2) is 34.5 Å². The number of nitrogens with zero attached hydrogens (tertiary/aromatic N) is 2. The number of ether oxygens (including phenoxy) is 1. The van der Waals surface area contributed by atoms with E-state index in [1.54, 1.807) is 27.7 Å². The molecule has 93 valence electrons. The average molecular weight is 255 g/mol. The molecule has 1 rings (SSSR count). The predicted molar refractivity (Wildman–Crippen MR) is 64.0 cm³/mol. The van der Waals surface area contributed by atoms with Crippen LogP contribution in [0.15, 0.2) is 0 Å². The van der Waals surface area contributed by atoms with Gasteiger partial charge in [-0.1, -0.05) is 0 Å². The Labute approximate surface area is 104 Å². The molecule has 0 saturated heterocycles. The summed E-state index contributed by atoms with van der Waals surface area (Å²) in [5.74, 6) is -0.421. The molecular weight excluding hydrogens is 240 g/mol. The maximum atomic E-state index is 11.9. The first-order chi connectivity index (χ1) is 7.72. The predicted octanol–water partition coefficient (Wildman–Crippen LogP) is 2.26. The second kappa shape index (κ2) is 4.83. The smallest absolute Gasteiger partial charge is 0.417 e. The molecule has 0 atom stereocenters.